The molecule has 2 aromatic heterocycles. The summed E-state index contributed by atoms with van der Waals surface area (Å²) >= 11 is 0. The second-order valence-electron chi connectivity index (χ2n) is 7.44. The number of halogens is 1. The first-order valence-electron chi connectivity index (χ1n) is 9.63. The Morgan fingerprint density at radius 3 is 2.57 bits per heavy atom. The molecule has 0 saturated carbocycles. The number of hydrogen-bond donors (Lipinski definition) is 1. The van der Waals surface area contributed by atoms with Crippen LogP contribution in [-0.2, 0) is 13.7 Å². The molecule has 2 heterocycles. The Kier molecular flexibility index (Phi) is 5.03. The maximum absolute atomic E-state index is 13.6. The number of benzene rings is 2. The molecule has 0 fully saturated rings. The molecule has 0 aliphatic heterocycles. The minimum absolute atomic E-state index is 0.149. The zero-order valence-electron chi connectivity index (χ0n) is 17.4. The minimum atomic E-state index is -0.309. The maximum atomic E-state index is 13.6. The van der Waals surface area contributed by atoms with Crippen LogP contribution >= 0.6 is 0 Å². The average Bonchev–Trinajstić information content (AvgIpc) is 2.72. The van der Waals surface area contributed by atoms with E-state index in [1.807, 2.05) is 51.1 Å². The molecule has 0 bridgehead atoms. The molecule has 30 heavy (non-hydrogen) atoms. The van der Waals surface area contributed by atoms with Crippen LogP contribution in [0.5, 0.6) is 5.75 Å². The lowest BCUT2D eigenvalue weighted by molar-refractivity contribution is 0.298. The van der Waals surface area contributed by atoms with E-state index in [9.17, 15) is 9.18 Å². The Morgan fingerprint density at radius 1 is 1.07 bits per heavy atom. The van der Waals surface area contributed by atoms with Crippen molar-refractivity contribution >= 4 is 0 Å². The molecule has 7 heteroatoms. The first kappa shape index (κ1) is 19.7. The number of aromatic nitrogens is 4. The number of hydrogen-bond acceptors (Lipinski definition) is 3. The standard InChI is InChI=1S/C23H23FN4O2/c1-14-6-5-7-21(28-23(29)27(4)26-28)22(14)30-13-17-10-16(3)19(11-15(17)2)20-12-18(24)8-9-25-20/h5-12,26H,13H2,1-4H3. The highest BCUT2D eigenvalue weighted by molar-refractivity contribution is 5.65. The molecule has 6 nitrogen and oxygen atoms in total. The van der Waals surface area contributed by atoms with Crippen LogP contribution in [0.3, 0.4) is 0 Å². The van der Waals surface area contributed by atoms with Gasteiger partial charge in [-0.15, -0.1) is 0 Å². The summed E-state index contributed by atoms with van der Waals surface area (Å²) < 4.78 is 22.6. The molecule has 4 aromatic rings. The summed E-state index contributed by atoms with van der Waals surface area (Å²) in [6.07, 6.45) is 1.47. The van der Waals surface area contributed by atoms with Gasteiger partial charge in [0.2, 0.25) is 0 Å². The van der Waals surface area contributed by atoms with Crippen molar-refractivity contribution in [2.24, 2.45) is 7.05 Å². The van der Waals surface area contributed by atoms with Gasteiger partial charge in [-0.2, -0.15) is 4.68 Å². The topological polar surface area (TPSA) is 64.8 Å². The highest BCUT2D eigenvalue weighted by Gasteiger charge is 2.16. The van der Waals surface area contributed by atoms with Gasteiger partial charge in [0.25, 0.3) is 0 Å². The minimum Gasteiger partial charge on any atom is -0.486 e. The lowest BCUT2D eigenvalue weighted by Crippen LogP contribution is -2.40. The summed E-state index contributed by atoms with van der Waals surface area (Å²) in [7, 11) is 1.66. The van der Waals surface area contributed by atoms with E-state index in [0.717, 1.165) is 27.8 Å². The van der Waals surface area contributed by atoms with Crippen molar-refractivity contribution in [1.29, 1.82) is 0 Å². The SMILES string of the molecule is Cc1cc(-c2cc(F)ccn2)c(C)cc1COc1c(C)cccc1-n1[nH]n(C)c1=O. The Hall–Kier alpha value is -3.61. The largest absolute Gasteiger partial charge is 0.486 e. The number of aromatic amines is 1. The van der Waals surface area contributed by atoms with E-state index in [1.165, 1.54) is 27.7 Å². The van der Waals surface area contributed by atoms with Gasteiger partial charge < -0.3 is 4.74 Å². The molecular formula is C23H23FN4O2. The average molecular weight is 406 g/mol. The number of nitrogens with one attached hydrogen (secondary N) is 1. The smallest absolute Gasteiger partial charge is 0.364 e. The van der Waals surface area contributed by atoms with E-state index in [1.54, 1.807) is 7.05 Å². The van der Waals surface area contributed by atoms with E-state index >= 15 is 0 Å². The van der Waals surface area contributed by atoms with Gasteiger partial charge in [0, 0.05) is 24.9 Å². The van der Waals surface area contributed by atoms with E-state index in [4.69, 9.17) is 4.74 Å². The zero-order valence-corrected chi connectivity index (χ0v) is 17.4. The Balaban J connectivity index is 1.63. The van der Waals surface area contributed by atoms with Crippen LogP contribution in [0.1, 0.15) is 22.3 Å². The van der Waals surface area contributed by atoms with Gasteiger partial charge in [-0.25, -0.2) is 19.1 Å². The molecule has 0 amide bonds. The Bertz CT molecular complexity index is 1280. The van der Waals surface area contributed by atoms with E-state index in [-0.39, 0.29) is 11.5 Å². The van der Waals surface area contributed by atoms with Gasteiger partial charge in [-0.05, 0) is 61.2 Å². The molecule has 0 unspecified atom stereocenters. The molecule has 0 spiro atoms. The fraction of sp³-hybridized carbons (Fsp3) is 0.217. The highest BCUT2D eigenvalue weighted by Crippen LogP contribution is 2.29. The molecule has 1 N–H and O–H groups in total. The van der Waals surface area contributed by atoms with Crippen LogP contribution in [0.4, 0.5) is 4.39 Å². The number of aryl methyl sites for hydroxylation is 4. The maximum Gasteiger partial charge on any atom is 0.364 e. The molecule has 0 atom stereocenters. The highest BCUT2D eigenvalue weighted by atomic mass is 19.1. The second kappa shape index (κ2) is 7.67. The molecule has 2 aromatic carbocycles. The van der Waals surface area contributed by atoms with Crippen molar-refractivity contribution in [2.45, 2.75) is 27.4 Å². The quantitative estimate of drug-likeness (QED) is 0.540. The third kappa shape index (κ3) is 3.54. The normalized spacial score (nSPS) is 11.1. The molecule has 0 radical (unpaired) electrons. The number of rotatable bonds is 5. The van der Waals surface area contributed by atoms with Crippen LogP contribution in [0, 0.1) is 26.6 Å². The number of pyridine rings is 1. The number of H-pyrrole nitrogens is 1. The second-order valence-corrected chi connectivity index (χ2v) is 7.44. The third-order valence-electron chi connectivity index (χ3n) is 5.21. The summed E-state index contributed by atoms with van der Waals surface area (Å²) in [4.78, 5) is 16.4. The van der Waals surface area contributed by atoms with Gasteiger partial charge in [0.05, 0.1) is 5.69 Å². The lowest BCUT2D eigenvalue weighted by Gasteiger charge is -2.19. The van der Waals surface area contributed by atoms with Gasteiger partial charge >= 0.3 is 5.69 Å². The van der Waals surface area contributed by atoms with Crippen molar-refractivity contribution in [1.82, 2.24) is 19.6 Å². The van der Waals surface area contributed by atoms with Crippen LogP contribution in [0.25, 0.3) is 16.9 Å². The van der Waals surface area contributed by atoms with Crippen LogP contribution in [-0.4, -0.2) is 19.6 Å². The molecule has 154 valence electrons. The Morgan fingerprint density at radius 2 is 1.87 bits per heavy atom. The van der Waals surface area contributed by atoms with Crippen molar-refractivity contribution in [2.75, 3.05) is 0 Å². The Labute approximate surface area is 173 Å². The van der Waals surface area contributed by atoms with Gasteiger partial charge in [0.1, 0.15) is 23.9 Å². The first-order chi connectivity index (χ1) is 14.3. The fourth-order valence-corrected chi connectivity index (χ4v) is 3.51. The summed E-state index contributed by atoms with van der Waals surface area (Å²) in [6, 6.07) is 12.5. The predicted molar refractivity (Wildman–Crippen MR) is 114 cm³/mol. The molecule has 0 aliphatic rings. The third-order valence-corrected chi connectivity index (χ3v) is 5.21. The first-order valence-corrected chi connectivity index (χ1v) is 9.63. The van der Waals surface area contributed by atoms with Crippen molar-refractivity contribution < 1.29 is 9.13 Å². The van der Waals surface area contributed by atoms with Crippen LogP contribution in [0.2, 0.25) is 0 Å². The van der Waals surface area contributed by atoms with Crippen molar-refractivity contribution in [3.8, 4) is 22.7 Å². The van der Waals surface area contributed by atoms with E-state index in [0.29, 0.717) is 23.7 Å². The summed E-state index contributed by atoms with van der Waals surface area (Å²) in [6.45, 7) is 6.26. The van der Waals surface area contributed by atoms with Gasteiger partial charge in [-0.3, -0.25) is 4.98 Å². The molecule has 0 saturated heterocycles. The molecule has 4 rings (SSSR count). The van der Waals surface area contributed by atoms with Crippen LogP contribution in [0.15, 0.2) is 53.5 Å². The fourth-order valence-electron chi connectivity index (χ4n) is 3.51. The predicted octanol–water partition coefficient (Wildman–Crippen LogP) is 4.21. The molecule has 0 aliphatic carbocycles. The number of para-hydroxylation sites is 1. The summed E-state index contributed by atoms with van der Waals surface area (Å²) in [5.41, 5.74) is 5.99. The molecular weight excluding hydrogens is 383 g/mol. The number of ether oxygens (including phenoxy) is 1. The van der Waals surface area contributed by atoms with Gasteiger partial charge in [-0.1, -0.05) is 18.2 Å². The number of nitrogens with zero attached hydrogens (tertiary/aromatic N) is 3. The summed E-state index contributed by atoms with van der Waals surface area (Å²) in [5.74, 6) is 0.343. The lowest BCUT2D eigenvalue weighted by atomic mass is 9.98. The van der Waals surface area contributed by atoms with Crippen molar-refractivity contribution in [3.05, 3.63) is 87.2 Å². The monoisotopic (exact) mass is 406 g/mol. The van der Waals surface area contributed by atoms with Crippen molar-refractivity contribution in [3.63, 3.8) is 0 Å². The zero-order chi connectivity index (χ0) is 21.4. The van der Waals surface area contributed by atoms with Crippen LogP contribution < -0.4 is 10.4 Å². The summed E-state index contributed by atoms with van der Waals surface area (Å²) in [5, 5.41) is 2.92. The van der Waals surface area contributed by atoms with E-state index < -0.39 is 0 Å². The van der Waals surface area contributed by atoms with E-state index in [2.05, 4.69) is 10.2 Å². The van der Waals surface area contributed by atoms with Gasteiger partial charge in [0.15, 0.2) is 0 Å².